The van der Waals surface area contributed by atoms with Gasteiger partial charge in [0.1, 0.15) is 12.1 Å². The zero-order valence-corrected chi connectivity index (χ0v) is 14.5. The summed E-state index contributed by atoms with van der Waals surface area (Å²) in [6.07, 6.45) is 7.37. The van der Waals surface area contributed by atoms with Gasteiger partial charge in [-0.25, -0.2) is 9.97 Å². The Balaban J connectivity index is 1.52. The molecule has 0 unspecified atom stereocenters. The smallest absolute Gasteiger partial charge is 0.135 e. The lowest BCUT2D eigenvalue weighted by Crippen LogP contribution is -2.54. The van der Waals surface area contributed by atoms with E-state index in [1.54, 1.807) is 6.33 Å². The van der Waals surface area contributed by atoms with Crippen LogP contribution in [0.1, 0.15) is 30.5 Å². The first-order chi connectivity index (χ1) is 11.8. The quantitative estimate of drug-likeness (QED) is 0.817. The number of anilines is 1. The summed E-state index contributed by atoms with van der Waals surface area (Å²) in [5, 5.41) is 13.0. The monoisotopic (exact) mass is 331 g/mol. The summed E-state index contributed by atoms with van der Waals surface area (Å²) in [6.45, 7) is 6.59. The van der Waals surface area contributed by atoms with Crippen molar-refractivity contribution in [1.29, 1.82) is 0 Å². The highest BCUT2D eigenvalue weighted by Gasteiger charge is 2.33. The van der Waals surface area contributed by atoms with E-state index in [0.717, 1.165) is 63.7 Å². The predicted molar refractivity (Wildman–Crippen MR) is 94.3 cm³/mol. The van der Waals surface area contributed by atoms with E-state index < -0.39 is 0 Å². The van der Waals surface area contributed by atoms with Crippen molar-refractivity contribution >= 4 is 5.82 Å². The van der Waals surface area contributed by atoms with Crippen molar-refractivity contribution in [2.45, 2.75) is 38.1 Å². The average molecular weight is 331 g/mol. The van der Waals surface area contributed by atoms with Crippen molar-refractivity contribution in [1.82, 2.24) is 20.2 Å². The fraction of sp³-hybridized carbons (Fsp3) is 0.778. The van der Waals surface area contributed by atoms with Crippen molar-refractivity contribution in [3.8, 4) is 0 Å². The van der Waals surface area contributed by atoms with Gasteiger partial charge in [0.25, 0.3) is 0 Å². The number of aromatic nitrogens is 2. The van der Waals surface area contributed by atoms with Gasteiger partial charge in [0.15, 0.2) is 0 Å². The molecule has 4 rings (SSSR count). The first-order valence-corrected chi connectivity index (χ1v) is 9.48. The van der Waals surface area contributed by atoms with E-state index in [2.05, 4.69) is 25.1 Å². The van der Waals surface area contributed by atoms with E-state index in [9.17, 15) is 5.11 Å². The van der Waals surface area contributed by atoms with E-state index in [1.807, 2.05) is 0 Å². The second-order valence-electron chi connectivity index (χ2n) is 7.42. The third-order valence-corrected chi connectivity index (χ3v) is 5.66. The van der Waals surface area contributed by atoms with Gasteiger partial charge >= 0.3 is 0 Å². The molecule has 0 amide bonds. The Morgan fingerprint density at radius 3 is 2.88 bits per heavy atom. The maximum atomic E-state index is 9.49. The van der Waals surface area contributed by atoms with Gasteiger partial charge in [-0.15, -0.1) is 0 Å². The molecule has 0 radical (unpaired) electrons. The Bertz CT molecular complexity index is 562. The summed E-state index contributed by atoms with van der Waals surface area (Å²) >= 11 is 0. The lowest BCUT2D eigenvalue weighted by molar-refractivity contribution is 0.136. The molecule has 6 heteroatoms. The summed E-state index contributed by atoms with van der Waals surface area (Å²) in [4.78, 5) is 14.2. The van der Waals surface area contributed by atoms with Crippen LogP contribution < -0.4 is 10.2 Å². The second kappa shape index (κ2) is 7.33. The van der Waals surface area contributed by atoms with Crippen molar-refractivity contribution in [3.05, 3.63) is 17.6 Å². The molecule has 0 bridgehead atoms. The van der Waals surface area contributed by atoms with Crippen molar-refractivity contribution in [3.63, 3.8) is 0 Å². The maximum Gasteiger partial charge on any atom is 0.135 e. The molecular formula is C18H29N5O. The van der Waals surface area contributed by atoms with Crippen LogP contribution in [0, 0.1) is 5.92 Å². The van der Waals surface area contributed by atoms with Gasteiger partial charge in [-0.05, 0) is 38.1 Å². The summed E-state index contributed by atoms with van der Waals surface area (Å²) in [6, 6.07) is 0.443. The molecule has 24 heavy (non-hydrogen) atoms. The minimum absolute atomic E-state index is 0.269. The third kappa shape index (κ3) is 3.55. The predicted octanol–water partition coefficient (Wildman–Crippen LogP) is 0.448. The minimum Gasteiger partial charge on any atom is -0.396 e. The van der Waals surface area contributed by atoms with Gasteiger partial charge in [-0.1, -0.05) is 0 Å². The topological polar surface area (TPSA) is 64.5 Å². The van der Waals surface area contributed by atoms with Crippen molar-refractivity contribution < 1.29 is 5.11 Å². The van der Waals surface area contributed by atoms with Crippen LogP contribution in [0.4, 0.5) is 5.82 Å². The Hall–Kier alpha value is -1.24. The van der Waals surface area contributed by atoms with Gasteiger partial charge in [-0.2, -0.15) is 0 Å². The van der Waals surface area contributed by atoms with E-state index in [1.165, 1.54) is 30.6 Å². The van der Waals surface area contributed by atoms with Crippen molar-refractivity contribution in [2.24, 2.45) is 5.92 Å². The number of hydrogen-bond acceptors (Lipinski definition) is 6. The number of nitrogens with zero attached hydrogens (tertiary/aromatic N) is 4. The zero-order chi connectivity index (χ0) is 16.4. The lowest BCUT2D eigenvalue weighted by Gasteiger charge is -2.42. The standard InChI is InChI=1S/C18H29N5O/c24-10-5-15-12-23(9-8-22(15)11-14-1-2-14)18-16-3-6-19-7-4-17(16)20-13-21-18/h13-15,19,24H,1-12H2/t15-/m1/s1. The molecule has 0 aromatic carbocycles. The number of nitrogens with one attached hydrogen (secondary N) is 1. The number of hydrogen-bond donors (Lipinski definition) is 2. The van der Waals surface area contributed by atoms with E-state index in [4.69, 9.17) is 0 Å². The van der Waals surface area contributed by atoms with E-state index in [-0.39, 0.29) is 6.61 Å². The van der Waals surface area contributed by atoms with Crippen LogP contribution in [-0.2, 0) is 12.8 Å². The van der Waals surface area contributed by atoms with Crippen LogP contribution in [0.2, 0.25) is 0 Å². The Labute approximate surface area is 144 Å². The zero-order valence-electron chi connectivity index (χ0n) is 14.5. The molecule has 3 heterocycles. The number of fused-ring (bicyclic) bond motifs is 1. The minimum atomic E-state index is 0.269. The summed E-state index contributed by atoms with van der Waals surface area (Å²) in [5.41, 5.74) is 2.55. The lowest BCUT2D eigenvalue weighted by atomic mass is 10.1. The summed E-state index contributed by atoms with van der Waals surface area (Å²) < 4.78 is 0. The molecule has 1 aromatic heterocycles. The van der Waals surface area contributed by atoms with Crippen LogP contribution >= 0.6 is 0 Å². The third-order valence-electron chi connectivity index (χ3n) is 5.66. The first kappa shape index (κ1) is 16.2. The Kier molecular flexibility index (Phi) is 4.96. The molecule has 2 aliphatic heterocycles. The second-order valence-corrected chi connectivity index (χ2v) is 7.42. The molecule has 1 aromatic rings. The Morgan fingerprint density at radius 2 is 2.04 bits per heavy atom. The van der Waals surface area contributed by atoms with Gasteiger partial charge in [0.05, 0.1) is 5.69 Å². The highest BCUT2D eigenvalue weighted by atomic mass is 16.3. The maximum absolute atomic E-state index is 9.49. The largest absolute Gasteiger partial charge is 0.396 e. The number of piperazine rings is 1. The molecule has 132 valence electrons. The molecule has 0 spiro atoms. The molecule has 1 aliphatic carbocycles. The van der Waals surface area contributed by atoms with Crippen LogP contribution in [0.25, 0.3) is 0 Å². The normalized spacial score (nSPS) is 25.4. The van der Waals surface area contributed by atoms with Crippen LogP contribution in [0.5, 0.6) is 0 Å². The van der Waals surface area contributed by atoms with Crippen LogP contribution in [0.15, 0.2) is 6.33 Å². The molecule has 6 nitrogen and oxygen atoms in total. The molecule has 1 saturated carbocycles. The molecular weight excluding hydrogens is 302 g/mol. The number of aliphatic hydroxyl groups excluding tert-OH is 1. The van der Waals surface area contributed by atoms with Gasteiger partial charge in [0, 0.05) is 57.4 Å². The molecule has 2 fully saturated rings. The van der Waals surface area contributed by atoms with Crippen molar-refractivity contribution in [2.75, 3.05) is 50.8 Å². The van der Waals surface area contributed by atoms with E-state index >= 15 is 0 Å². The Morgan fingerprint density at radius 1 is 1.17 bits per heavy atom. The SMILES string of the molecule is OCC[C@@H]1CN(c2ncnc3c2CCNCC3)CCN1CC1CC1. The highest BCUT2D eigenvalue weighted by Crippen LogP contribution is 2.32. The van der Waals surface area contributed by atoms with Gasteiger partial charge < -0.3 is 15.3 Å². The molecule has 1 saturated heterocycles. The van der Waals surface area contributed by atoms with Gasteiger partial charge in [-0.3, -0.25) is 4.90 Å². The molecule has 2 N–H and O–H groups in total. The highest BCUT2D eigenvalue weighted by molar-refractivity contribution is 5.50. The van der Waals surface area contributed by atoms with Gasteiger partial charge in [0.2, 0.25) is 0 Å². The summed E-state index contributed by atoms with van der Waals surface area (Å²) in [5.74, 6) is 2.04. The van der Waals surface area contributed by atoms with Crippen LogP contribution in [0.3, 0.4) is 0 Å². The number of rotatable bonds is 5. The average Bonchev–Trinajstić information content (AvgIpc) is 3.42. The number of aliphatic hydroxyl groups is 1. The summed E-state index contributed by atoms with van der Waals surface area (Å²) in [7, 11) is 0. The fourth-order valence-corrected chi connectivity index (χ4v) is 4.11. The van der Waals surface area contributed by atoms with Crippen LogP contribution in [-0.4, -0.2) is 71.9 Å². The molecule has 1 atom stereocenters. The first-order valence-electron chi connectivity index (χ1n) is 9.48. The molecule has 3 aliphatic rings. The van der Waals surface area contributed by atoms with E-state index in [0.29, 0.717) is 6.04 Å². The fourth-order valence-electron chi connectivity index (χ4n) is 4.11.